The minimum absolute atomic E-state index is 0.0110. The van der Waals surface area contributed by atoms with Gasteiger partial charge in [0.1, 0.15) is 15.7 Å². The molecule has 0 saturated heterocycles. The average molecular weight is 377 g/mol. The zero-order chi connectivity index (χ0) is 17.2. The molecule has 0 amide bonds. The zero-order valence-electron chi connectivity index (χ0n) is 11.6. The molecule has 0 aromatic heterocycles. The molecule has 7 nitrogen and oxygen atoms in total. The van der Waals surface area contributed by atoms with Gasteiger partial charge in [0.2, 0.25) is 0 Å². The van der Waals surface area contributed by atoms with E-state index < -0.39 is 20.6 Å². The van der Waals surface area contributed by atoms with Crippen molar-refractivity contribution in [1.29, 1.82) is 0 Å². The third-order valence-electron chi connectivity index (χ3n) is 2.81. The van der Waals surface area contributed by atoms with Crippen LogP contribution < -0.4 is 9.46 Å². The van der Waals surface area contributed by atoms with Gasteiger partial charge in [0.05, 0.1) is 17.7 Å². The van der Waals surface area contributed by atoms with E-state index in [1.807, 2.05) is 0 Å². The molecule has 0 fully saturated rings. The van der Waals surface area contributed by atoms with Crippen LogP contribution in [0.15, 0.2) is 41.3 Å². The molecule has 0 spiro atoms. The summed E-state index contributed by atoms with van der Waals surface area (Å²) in [5.74, 6) is 0.0883. The lowest BCUT2D eigenvalue weighted by Crippen LogP contribution is -2.14. The van der Waals surface area contributed by atoms with Gasteiger partial charge in [0, 0.05) is 11.1 Å². The minimum atomic E-state index is -4.06. The molecular formula is C13H10Cl2N2O5S. The summed E-state index contributed by atoms with van der Waals surface area (Å²) in [7, 11) is -2.74. The maximum absolute atomic E-state index is 12.4. The van der Waals surface area contributed by atoms with Crippen molar-refractivity contribution in [3.05, 3.63) is 56.6 Å². The predicted molar refractivity (Wildman–Crippen MR) is 86.9 cm³/mol. The first-order valence-electron chi connectivity index (χ1n) is 6.05. The minimum Gasteiger partial charge on any atom is -0.495 e. The lowest BCUT2D eigenvalue weighted by Gasteiger charge is -2.12. The van der Waals surface area contributed by atoms with Crippen LogP contribution in [0.5, 0.6) is 5.75 Å². The highest BCUT2D eigenvalue weighted by Crippen LogP contribution is 2.31. The first-order chi connectivity index (χ1) is 10.7. The molecule has 2 aromatic rings. The number of sulfonamides is 1. The number of hydrogen-bond acceptors (Lipinski definition) is 5. The van der Waals surface area contributed by atoms with Crippen LogP contribution in [0.3, 0.4) is 0 Å². The van der Waals surface area contributed by atoms with Crippen molar-refractivity contribution in [2.75, 3.05) is 11.8 Å². The van der Waals surface area contributed by atoms with Gasteiger partial charge in [-0.15, -0.1) is 0 Å². The van der Waals surface area contributed by atoms with Crippen molar-refractivity contribution < 1.29 is 18.1 Å². The maximum Gasteiger partial charge on any atom is 0.289 e. The fourth-order valence-corrected chi connectivity index (χ4v) is 3.46. The van der Waals surface area contributed by atoms with Gasteiger partial charge in [0.25, 0.3) is 15.7 Å². The molecule has 0 atom stereocenters. The molecule has 0 radical (unpaired) electrons. The molecule has 10 heteroatoms. The Morgan fingerprint density at radius 2 is 1.87 bits per heavy atom. The second-order valence-electron chi connectivity index (χ2n) is 4.32. The zero-order valence-corrected chi connectivity index (χ0v) is 13.9. The number of ether oxygens (including phenoxy) is 1. The highest BCUT2D eigenvalue weighted by Gasteiger charge is 2.22. The van der Waals surface area contributed by atoms with E-state index in [-0.39, 0.29) is 26.4 Å². The summed E-state index contributed by atoms with van der Waals surface area (Å²) in [6.07, 6.45) is 0. The standard InChI is InChI=1S/C13H10Cl2N2O5S/c1-22-12-5-2-8(14)6-13(12)23(20,21)16-9-3-4-10(15)11(7-9)17(18)19/h2-7,16H,1H3. The fourth-order valence-electron chi connectivity index (χ4n) is 1.79. The number of nitro benzene ring substituents is 1. The van der Waals surface area contributed by atoms with E-state index in [9.17, 15) is 18.5 Å². The molecule has 23 heavy (non-hydrogen) atoms. The van der Waals surface area contributed by atoms with E-state index in [0.717, 1.165) is 6.07 Å². The van der Waals surface area contributed by atoms with Crippen molar-refractivity contribution >= 4 is 44.6 Å². The summed E-state index contributed by atoms with van der Waals surface area (Å²) in [6.45, 7) is 0. The highest BCUT2D eigenvalue weighted by molar-refractivity contribution is 7.92. The normalized spacial score (nSPS) is 11.1. The van der Waals surface area contributed by atoms with Crippen LogP contribution in [0.25, 0.3) is 0 Å². The van der Waals surface area contributed by atoms with Gasteiger partial charge < -0.3 is 4.74 Å². The number of nitrogens with one attached hydrogen (secondary N) is 1. The van der Waals surface area contributed by atoms with Crippen LogP contribution in [0.4, 0.5) is 11.4 Å². The molecule has 0 heterocycles. The smallest absolute Gasteiger partial charge is 0.289 e. The van der Waals surface area contributed by atoms with Crippen molar-refractivity contribution in [3.63, 3.8) is 0 Å². The first kappa shape index (κ1) is 17.3. The number of methoxy groups -OCH3 is 1. The molecule has 0 aliphatic carbocycles. The molecule has 1 N–H and O–H groups in total. The lowest BCUT2D eigenvalue weighted by atomic mass is 10.3. The fraction of sp³-hybridized carbons (Fsp3) is 0.0769. The number of hydrogen-bond donors (Lipinski definition) is 1. The Kier molecular flexibility index (Phi) is 4.98. The third kappa shape index (κ3) is 3.84. The van der Waals surface area contributed by atoms with Crippen molar-refractivity contribution in [1.82, 2.24) is 0 Å². The van der Waals surface area contributed by atoms with E-state index in [4.69, 9.17) is 27.9 Å². The largest absolute Gasteiger partial charge is 0.495 e. The molecule has 0 unspecified atom stereocenters. The van der Waals surface area contributed by atoms with Gasteiger partial charge in [-0.1, -0.05) is 23.2 Å². The van der Waals surface area contributed by atoms with Crippen LogP contribution in [-0.2, 0) is 10.0 Å². The SMILES string of the molecule is COc1ccc(Cl)cc1S(=O)(=O)Nc1ccc(Cl)c([N+](=O)[O-])c1. The first-order valence-corrected chi connectivity index (χ1v) is 8.29. The van der Waals surface area contributed by atoms with Gasteiger partial charge >= 0.3 is 0 Å². The Balaban J connectivity index is 2.45. The number of rotatable bonds is 5. The molecule has 0 aliphatic rings. The summed E-state index contributed by atoms with van der Waals surface area (Å²) in [6, 6.07) is 7.66. The number of nitro groups is 1. The van der Waals surface area contributed by atoms with Crippen molar-refractivity contribution in [2.24, 2.45) is 0 Å². The van der Waals surface area contributed by atoms with Gasteiger partial charge in [-0.05, 0) is 30.3 Å². The predicted octanol–water partition coefficient (Wildman–Crippen LogP) is 3.71. The van der Waals surface area contributed by atoms with Crippen molar-refractivity contribution in [2.45, 2.75) is 4.90 Å². The van der Waals surface area contributed by atoms with Crippen LogP contribution in [0.1, 0.15) is 0 Å². The van der Waals surface area contributed by atoms with Crippen LogP contribution in [0, 0.1) is 10.1 Å². The van der Waals surface area contributed by atoms with Crippen LogP contribution in [0.2, 0.25) is 10.0 Å². The monoisotopic (exact) mass is 376 g/mol. The van der Waals surface area contributed by atoms with Gasteiger partial charge in [0.15, 0.2) is 0 Å². The van der Waals surface area contributed by atoms with Gasteiger partial charge in [-0.3, -0.25) is 14.8 Å². The van der Waals surface area contributed by atoms with Crippen molar-refractivity contribution in [3.8, 4) is 5.75 Å². The van der Waals surface area contributed by atoms with E-state index in [2.05, 4.69) is 4.72 Å². The average Bonchev–Trinajstić information content (AvgIpc) is 2.48. The maximum atomic E-state index is 12.4. The molecule has 0 aliphatic heterocycles. The van der Waals surface area contributed by atoms with Gasteiger partial charge in [-0.2, -0.15) is 0 Å². The number of halogens is 2. The van der Waals surface area contributed by atoms with Gasteiger partial charge in [-0.25, -0.2) is 8.42 Å². The van der Waals surface area contributed by atoms with E-state index in [1.54, 1.807) is 0 Å². The molecule has 0 bridgehead atoms. The summed E-state index contributed by atoms with van der Waals surface area (Å²) in [5.41, 5.74) is -0.423. The number of benzene rings is 2. The Labute approximate surface area is 142 Å². The number of anilines is 1. The quantitative estimate of drug-likeness (QED) is 0.633. The molecule has 122 valence electrons. The molecular weight excluding hydrogens is 367 g/mol. The second-order valence-corrected chi connectivity index (χ2v) is 6.82. The molecule has 0 saturated carbocycles. The Morgan fingerprint density at radius 1 is 1.17 bits per heavy atom. The summed E-state index contributed by atoms with van der Waals surface area (Å²) >= 11 is 11.5. The summed E-state index contributed by atoms with van der Waals surface area (Å²) in [4.78, 5) is 9.96. The van der Waals surface area contributed by atoms with E-state index >= 15 is 0 Å². The van der Waals surface area contributed by atoms with Crippen LogP contribution in [-0.4, -0.2) is 20.5 Å². The molecule has 2 rings (SSSR count). The summed E-state index contributed by atoms with van der Waals surface area (Å²) < 4.78 is 32.1. The Hall–Kier alpha value is -2.03. The molecule has 2 aromatic carbocycles. The third-order valence-corrected chi connectivity index (χ3v) is 4.77. The van der Waals surface area contributed by atoms with E-state index in [1.165, 1.54) is 37.4 Å². The topological polar surface area (TPSA) is 98.5 Å². The second kappa shape index (κ2) is 6.61. The van der Waals surface area contributed by atoms with Crippen LogP contribution >= 0.6 is 23.2 Å². The highest BCUT2D eigenvalue weighted by atomic mass is 35.5. The van der Waals surface area contributed by atoms with E-state index in [0.29, 0.717) is 0 Å². The summed E-state index contributed by atoms with van der Waals surface area (Å²) in [5, 5.41) is 11.0. The lowest BCUT2D eigenvalue weighted by molar-refractivity contribution is -0.384. The number of nitrogens with zero attached hydrogens (tertiary/aromatic N) is 1. The Morgan fingerprint density at radius 3 is 2.48 bits per heavy atom. The Bertz CT molecular complexity index is 871.